The average Bonchev–Trinajstić information content (AvgIpc) is 2.26. The van der Waals surface area contributed by atoms with E-state index in [1.807, 2.05) is 0 Å². The number of rotatable bonds is 5. The summed E-state index contributed by atoms with van der Waals surface area (Å²) in [6.45, 7) is 1.27. The van der Waals surface area contributed by atoms with Gasteiger partial charge in [0, 0.05) is 19.6 Å². The van der Waals surface area contributed by atoms with E-state index in [-0.39, 0.29) is 25.0 Å². The van der Waals surface area contributed by atoms with E-state index in [9.17, 15) is 8.42 Å². The number of hydrogen-bond donors (Lipinski definition) is 2. The average molecular weight is 238 g/mol. The molecule has 1 heterocycles. The Morgan fingerprint density at radius 2 is 2.33 bits per heavy atom. The largest absolute Gasteiger partial charge is 0.394 e. The Hall–Kier alpha value is -0.210. The van der Waals surface area contributed by atoms with E-state index in [0.717, 1.165) is 0 Å². The maximum Gasteiger partial charge on any atom is 0.215 e. The maximum absolute atomic E-state index is 11.8. The van der Waals surface area contributed by atoms with Crippen LogP contribution in [0.4, 0.5) is 0 Å². The van der Waals surface area contributed by atoms with E-state index in [1.165, 1.54) is 4.31 Å². The standard InChI is InChI=1S/C8H18N2O4S/c1-9-2-5-15(12,13)10-3-4-14-8(6-10)7-11/h8-9,11H,2-7H2,1H3. The lowest BCUT2D eigenvalue weighted by Gasteiger charge is -2.31. The number of hydrogen-bond acceptors (Lipinski definition) is 5. The topological polar surface area (TPSA) is 78.9 Å². The van der Waals surface area contributed by atoms with Crippen molar-refractivity contribution in [1.82, 2.24) is 9.62 Å². The molecule has 0 bridgehead atoms. The summed E-state index contributed by atoms with van der Waals surface area (Å²) in [6.07, 6.45) is -0.386. The zero-order chi connectivity index (χ0) is 11.3. The second kappa shape index (κ2) is 5.76. The molecule has 1 saturated heterocycles. The van der Waals surface area contributed by atoms with E-state index in [4.69, 9.17) is 9.84 Å². The Kier molecular flexibility index (Phi) is 4.94. The summed E-state index contributed by atoms with van der Waals surface area (Å²) >= 11 is 0. The second-order valence-corrected chi connectivity index (χ2v) is 5.54. The number of aliphatic hydroxyl groups is 1. The predicted molar refractivity (Wildman–Crippen MR) is 56.1 cm³/mol. The second-order valence-electron chi connectivity index (χ2n) is 3.45. The molecule has 90 valence electrons. The van der Waals surface area contributed by atoms with Gasteiger partial charge in [-0.15, -0.1) is 0 Å². The lowest BCUT2D eigenvalue weighted by molar-refractivity contribution is -0.0304. The first-order valence-electron chi connectivity index (χ1n) is 4.95. The molecule has 0 aromatic rings. The third kappa shape index (κ3) is 3.69. The third-order valence-corrected chi connectivity index (χ3v) is 4.15. The normalized spacial score (nSPS) is 24.3. The summed E-state index contributed by atoms with van der Waals surface area (Å²) in [7, 11) is -1.50. The Balaban J connectivity index is 2.54. The molecule has 0 amide bonds. The number of sulfonamides is 1. The number of morpholine rings is 1. The molecule has 2 N–H and O–H groups in total. The zero-order valence-electron chi connectivity index (χ0n) is 8.85. The van der Waals surface area contributed by atoms with Crippen LogP contribution in [0.5, 0.6) is 0 Å². The van der Waals surface area contributed by atoms with Gasteiger partial charge in [0.15, 0.2) is 0 Å². The van der Waals surface area contributed by atoms with Crippen LogP contribution in [0.3, 0.4) is 0 Å². The minimum atomic E-state index is -3.21. The summed E-state index contributed by atoms with van der Waals surface area (Å²) in [5, 5.41) is 11.7. The van der Waals surface area contributed by atoms with Crippen LogP contribution in [0.1, 0.15) is 0 Å². The van der Waals surface area contributed by atoms with Crippen molar-refractivity contribution in [3.8, 4) is 0 Å². The molecule has 15 heavy (non-hydrogen) atoms. The first-order chi connectivity index (χ1) is 7.10. The quantitative estimate of drug-likeness (QED) is 0.592. The molecule has 1 fully saturated rings. The van der Waals surface area contributed by atoms with Gasteiger partial charge in [-0.25, -0.2) is 8.42 Å². The van der Waals surface area contributed by atoms with Crippen LogP contribution in [-0.4, -0.2) is 69.6 Å². The summed E-state index contributed by atoms with van der Waals surface area (Å²) < 4.78 is 30.1. The van der Waals surface area contributed by atoms with Gasteiger partial charge in [0.05, 0.1) is 25.1 Å². The van der Waals surface area contributed by atoms with Gasteiger partial charge in [0.1, 0.15) is 0 Å². The van der Waals surface area contributed by atoms with Gasteiger partial charge >= 0.3 is 0 Å². The van der Waals surface area contributed by atoms with Crippen LogP contribution in [0, 0.1) is 0 Å². The minimum absolute atomic E-state index is 0.0850. The third-order valence-electron chi connectivity index (χ3n) is 2.31. The highest BCUT2D eigenvalue weighted by atomic mass is 32.2. The van der Waals surface area contributed by atoms with Crippen molar-refractivity contribution in [3.63, 3.8) is 0 Å². The molecule has 6 nitrogen and oxygen atoms in total. The van der Waals surface area contributed by atoms with Crippen LogP contribution in [0.15, 0.2) is 0 Å². The lowest BCUT2D eigenvalue weighted by atomic mass is 10.3. The Morgan fingerprint density at radius 3 is 2.93 bits per heavy atom. The zero-order valence-corrected chi connectivity index (χ0v) is 9.66. The van der Waals surface area contributed by atoms with E-state index in [0.29, 0.717) is 19.7 Å². The highest BCUT2D eigenvalue weighted by Gasteiger charge is 2.28. The number of nitrogens with zero attached hydrogens (tertiary/aromatic N) is 1. The summed E-state index contributed by atoms with van der Waals surface area (Å²) in [5.74, 6) is 0.0850. The molecule has 7 heteroatoms. The predicted octanol–water partition coefficient (Wildman–Crippen LogP) is -1.77. The minimum Gasteiger partial charge on any atom is -0.394 e. The van der Waals surface area contributed by atoms with Crippen LogP contribution in [0.2, 0.25) is 0 Å². The van der Waals surface area contributed by atoms with E-state index >= 15 is 0 Å². The molecule has 1 atom stereocenters. The highest BCUT2D eigenvalue weighted by Crippen LogP contribution is 2.09. The molecule has 1 aliphatic heterocycles. The van der Waals surface area contributed by atoms with Crippen molar-refractivity contribution < 1.29 is 18.3 Å². The SMILES string of the molecule is CNCCS(=O)(=O)N1CCOC(CO)C1. The lowest BCUT2D eigenvalue weighted by Crippen LogP contribution is -2.48. The Morgan fingerprint density at radius 1 is 1.60 bits per heavy atom. The van der Waals surface area contributed by atoms with Crippen LogP contribution >= 0.6 is 0 Å². The van der Waals surface area contributed by atoms with Gasteiger partial charge in [0.25, 0.3) is 0 Å². The molecule has 0 saturated carbocycles. The molecule has 0 aromatic carbocycles. The van der Waals surface area contributed by atoms with E-state index in [1.54, 1.807) is 7.05 Å². The maximum atomic E-state index is 11.8. The fraction of sp³-hybridized carbons (Fsp3) is 1.00. The Bertz CT molecular complexity index is 280. The monoisotopic (exact) mass is 238 g/mol. The Labute approximate surface area is 90.3 Å². The number of nitrogens with one attached hydrogen (secondary N) is 1. The van der Waals surface area contributed by atoms with Gasteiger partial charge in [-0.1, -0.05) is 0 Å². The molecule has 1 unspecified atom stereocenters. The molecule has 0 radical (unpaired) electrons. The molecule has 0 aromatic heterocycles. The molecule has 1 aliphatic rings. The van der Waals surface area contributed by atoms with Crippen molar-refractivity contribution in [3.05, 3.63) is 0 Å². The van der Waals surface area contributed by atoms with Crippen molar-refractivity contribution in [2.45, 2.75) is 6.10 Å². The van der Waals surface area contributed by atoms with Crippen molar-refractivity contribution in [1.29, 1.82) is 0 Å². The van der Waals surface area contributed by atoms with Gasteiger partial charge in [-0.3, -0.25) is 0 Å². The first-order valence-corrected chi connectivity index (χ1v) is 6.56. The van der Waals surface area contributed by atoms with Crippen molar-refractivity contribution >= 4 is 10.0 Å². The van der Waals surface area contributed by atoms with Crippen LogP contribution in [0.25, 0.3) is 0 Å². The molecular formula is C8H18N2O4S. The van der Waals surface area contributed by atoms with Crippen LogP contribution in [-0.2, 0) is 14.8 Å². The summed E-state index contributed by atoms with van der Waals surface area (Å²) in [4.78, 5) is 0. The fourth-order valence-electron chi connectivity index (χ4n) is 1.42. The fourth-order valence-corrected chi connectivity index (χ4v) is 2.88. The molecule has 1 rings (SSSR count). The van der Waals surface area contributed by atoms with Crippen molar-refractivity contribution in [2.24, 2.45) is 0 Å². The molecular weight excluding hydrogens is 220 g/mol. The van der Waals surface area contributed by atoms with Crippen molar-refractivity contribution in [2.75, 3.05) is 45.6 Å². The summed E-state index contributed by atoms with van der Waals surface area (Å²) in [6, 6.07) is 0. The van der Waals surface area contributed by atoms with Gasteiger partial charge in [-0.2, -0.15) is 4.31 Å². The van der Waals surface area contributed by atoms with Gasteiger partial charge in [0.2, 0.25) is 10.0 Å². The number of ether oxygens (including phenoxy) is 1. The van der Waals surface area contributed by atoms with Crippen LogP contribution < -0.4 is 5.32 Å². The number of aliphatic hydroxyl groups excluding tert-OH is 1. The highest BCUT2D eigenvalue weighted by molar-refractivity contribution is 7.89. The van der Waals surface area contributed by atoms with Gasteiger partial charge < -0.3 is 15.2 Å². The molecule has 0 spiro atoms. The summed E-state index contributed by atoms with van der Waals surface area (Å²) in [5.41, 5.74) is 0. The van der Waals surface area contributed by atoms with Gasteiger partial charge in [-0.05, 0) is 7.05 Å². The smallest absolute Gasteiger partial charge is 0.215 e. The molecule has 0 aliphatic carbocycles. The van der Waals surface area contributed by atoms with E-state index < -0.39 is 10.0 Å². The first kappa shape index (κ1) is 12.9. The van der Waals surface area contributed by atoms with E-state index in [2.05, 4.69) is 5.32 Å².